The van der Waals surface area contributed by atoms with Gasteiger partial charge in [-0.1, -0.05) is 6.07 Å². The average Bonchev–Trinajstić information content (AvgIpc) is 2.37. The molecule has 1 fully saturated rings. The maximum Gasteiger partial charge on any atom is 0.0874 e. The molecule has 0 radical (unpaired) electrons. The highest BCUT2D eigenvalue weighted by Crippen LogP contribution is 2.19. The van der Waals surface area contributed by atoms with Crippen LogP contribution in [0.25, 0.3) is 0 Å². The Bertz CT molecular complexity index is 359. The second-order valence-electron chi connectivity index (χ2n) is 4.37. The second kappa shape index (κ2) is 6.28. The highest BCUT2D eigenvalue weighted by Gasteiger charge is 2.16. The Kier molecular flexibility index (Phi) is 4.71. The predicted molar refractivity (Wildman–Crippen MR) is 73.9 cm³/mol. The van der Waals surface area contributed by atoms with Crippen molar-refractivity contribution in [2.45, 2.75) is 11.0 Å². The lowest BCUT2D eigenvalue weighted by molar-refractivity contribution is -0.0117. The quantitative estimate of drug-likeness (QED) is 0.830. The lowest BCUT2D eigenvalue weighted by Gasteiger charge is -2.30. The van der Waals surface area contributed by atoms with Gasteiger partial charge in [0.15, 0.2) is 0 Å². The summed E-state index contributed by atoms with van der Waals surface area (Å²) in [7, 11) is 2.14. The van der Waals surface area contributed by atoms with Crippen LogP contribution in [0, 0.1) is 0 Å². The number of rotatable bonds is 4. The molecule has 1 aromatic carbocycles. The van der Waals surface area contributed by atoms with E-state index in [-0.39, 0.29) is 0 Å². The van der Waals surface area contributed by atoms with E-state index in [1.54, 1.807) is 11.8 Å². The van der Waals surface area contributed by atoms with Crippen LogP contribution in [0.3, 0.4) is 0 Å². The SMILES string of the molecule is CSc1cccc(NCC2CN(C)CCO2)c1. The maximum absolute atomic E-state index is 5.72. The molecule has 0 bridgehead atoms. The molecule has 1 saturated heterocycles. The van der Waals surface area contributed by atoms with E-state index in [9.17, 15) is 0 Å². The van der Waals surface area contributed by atoms with Gasteiger partial charge in [0.25, 0.3) is 0 Å². The average molecular weight is 252 g/mol. The summed E-state index contributed by atoms with van der Waals surface area (Å²) in [4.78, 5) is 3.60. The maximum atomic E-state index is 5.72. The van der Waals surface area contributed by atoms with Gasteiger partial charge in [-0.15, -0.1) is 11.8 Å². The summed E-state index contributed by atoms with van der Waals surface area (Å²) in [6, 6.07) is 8.49. The van der Waals surface area contributed by atoms with Crippen molar-refractivity contribution in [3.8, 4) is 0 Å². The summed E-state index contributed by atoms with van der Waals surface area (Å²) in [5, 5.41) is 3.44. The molecule has 1 aromatic rings. The van der Waals surface area contributed by atoms with Crippen molar-refractivity contribution >= 4 is 17.4 Å². The Morgan fingerprint density at radius 3 is 3.18 bits per heavy atom. The first-order valence-electron chi connectivity index (χ1n) is 5.96. The zero-order valence-electron chi connectivity index (χ0n) is 10.5. The van der Waals surface area contributed by atoms with Crippen molar-refractivity contribution < 1.29 is 4.74 Å². The molecular formula is C13H20N2OS. The number of anilines is 1. The normalized spacial score (nSPS) is 21.4. The molecular weight excluding hydrogens is 232 g/mol. The first kappa shape index (κ1) is 12.7. The van der Waals surface area contributed by atoms with Gasteiger partial charge in [0.2, 0.25) is 0 Å². The highest BCUT2D eigenvalue weighted by molar-refractivity contribution is 7.98. The van der Waals surface area contributed by atoms with Crippen molar-refractivity contribution in [2.75, 3.05) is 44.9 Å². The van der Waals surface area contributed by atoms with Gasteiger partial charge in [-0.05, 0) is 31.5 Å². The number of morpholine rings is 1. The van der Waals surface area contributed by atoms with Crippen LogP contribution < -0.4 is 5.32 Å². The molecule has 0 saturated carbocycles. The molecule has 0 aromatic heterocycles. The third kappa shape index (κ3) is 3.91. The van der Waals surface area contributed by atoms with Crippen LogP contribution in [0.15, 0.2) is 29.2 Å². The van der Waals surface area contributed by atoms with Crippen molar-refractivity contribution in [2.24, 2.45) is 0 Å². The molecule has 3 nitrogen and oxygen atoms in total. The zero-order chi connectivity index (χ0) is 12.1. The number of hydrogen-bond donors (Lipinski definition) is 1. The summed E-state index contributed by atoms with van der Waals surface area (Å²) in [5.41, 5.74) is 1.17. The van der Waals surface area contributed by atoms with E-state index in [2.05, 4.69) is 47.8 Å². The Balaban J connectivity index is 1.84. The monoisotopic (exact) mass is 252 g/mol. The number of benzene rings is 1. The standard InChI is InChI=1S/C13H20N2OS/c1-15-6-7-16-12(10-15)9-14-11-4-3-5-13(8-11)17-2/h3-5,8,12,14H,6-7,9-10H2,1-2H3. The Morgan fingerprint density at radius 1 is 1.53 bits per heavy atom. The summed E-state index contributed by atoms with van der Waals surface area (Å²) >= 11 is 1.77. The minimum absolute atomic E-state index is 0.298. The minimum atomic E-state index is 0.298. The van der Waals surface area contributed by atoms with Crippen molar-refractivity contribution in [3.05, 3.63) is 24.3 Å². The number of nitrogens with zero attached hydrogens (tertiary/aromatic N) is 1. The van der Waals surface area contributed by atoms with Gasteiger partial charge in [-0.2, -0.15) is 0 Å². The summed E-state index contributed by atoms with van der Waals surface area (Å²) in [6.07, 6.45) is 2.39. The van der Waals surface area contributed by atoms with Crippen LogP contribution >= 0.6 is 11.8 Å². The molecule has 1 N–H and O–H groups in total. The van der Waals surface area contributed by atoms with Gasteiger partial charge < -0.3 is 15.0 Å². The van der Waals surface area contributed by atoms with Gasteiger partial charge in [0.1, 0.15) is 0 Å². The van der Waals surface area contributed by atoms with Crippen LogP contribution in [0.5, 0.6) is 0 Å². The van der Waals surface area contributed by atoms with Crippen LogP contribution in [-0.4, -0.2) is 50.5 Å². The fraction of sp³-hybridized carbons (Fsp3) is 0.538. The van der Waals surface area contributed by atoms with E-state index in [0.717, 1.165) is 26.2 Å². The van der Waals surface area contributed by atoms with E-state index < -0.39 is 0 Å². The van der Waals surface area contributed by atoms with Gasteiger partial charge >= 0.3 is 0 Å². The molecule has 17 heavy (non-hydrogen) atoms. The third-order valence-electron chi connectivity index (χ3n) is 2.95. The molecule has 4 heteroatoms. The number of thioether (sulfide) groups is 1. The lowest BCUT2D eigenvalue weighted by Crippen LogP contribution is -2.43. The van der Waals surface area contributed by atoms with E-state index in [1.807, 2.05) is 0 Å². The molecule has 1 unspecified atom stereocenters. The Labute approximate surface area is 108 Å². The van der Waals surface area contributed by atoms with E-state index in [1.165, 1.54) is 10.6 Å². The fourth-order valence-corrected chi connectivity index (χ4v) is 2.41. The number of ether oxygens (including phenoxy) is 1. The van der Waals surface area contributed by atoms with Gasteiger partial charge in [-0.3, -0.25) is 0 Å². The molecule has 1 atom stereocenters. The summed E-state index contributed by atoms with van der Waals surface area (Å²) in [6.45, 7) is 3.77. The molecule has 1 heterocycles. The predicted octanol–water partition coefficient (Wildman–Crippen LogP) is 2.15. The van der Waals surface area contributed by atoms with E-state index in [4.69, 9.17) is 4.74 Å². The van der Waals surface area contributed by atoms with Crippen LogP contribution in [-0.2, 0) is 4.74 Å². The molecule has 2 rings (SSSR count). The Morgan fingerprint density at radius 2 is 2.41 bits per heavy atom. The number of nitrogens with one attached hydrogen (secondary N) is 1. The Hall–Kier alpha value is -0.710. The molecule has 0 amide bonds. The molecule has 1 aliphatic heterocycles. The third-order valence-corrected chi connectivity index (χ3v) is 3.67. The minimum Gasteiger partial charge on any atom is -0.382 e. The molecule has 1 aliphatic rings. The van der Waals surface area contributed by atoms with Crippen LogP contribution in [0.1, 0.15) is 0 Å². The first-order valence-corrected chi connectivity index (χ1v) is 7.18. The van der Waals surface area contributed by atoms with Gasteiger partial charge in [0, 0.05) is 30.2 Å². The van der Waals surface area contributed by atoms with Crippen molar-refractivity contribution in [1.82, 2.24) is 4.90 Å². The smallest absolute Gasteiger partial charge is 0.0874 e. The molecule has 0 aliphatic carbocycles. The molecule has 94 valence electrons. The highest BCUT2D eigenvalue weighted by atomic mass is 32.2. The van der Waals surface area contributed by atoms with Crippen LogP contribution in [0.4, 0.5) is 5.69 Å². The molecule has 0 spiro atoms. The van der Waals surface area contributed by atoms with Gasteiger partial charge in [0.05, 0.1) is 12.7 Å². The van der Waals surface area contributed by atoms with Crippen molar-refractivity contribution in [1.29, 1.82) is 0 Å². The second-order valence-corrected chi connectivity index (χ2v) is 5.25. The lowest BCUT2D eigenvalue weighted by atomic mass is 10.2. The number of likely N-dealkylation sites (N-methyl/N-ethyl adjacent to an activating group) is 1. The van der Waals surface area contributed by atoms with Crippen molar-refractivity contribution in [3.63, 3.8) is 0 Å². The van der Waals surface area contributed by atoms with Gasteiger partial charge in [-0.25, -0.2) is 0 Å². The zero-order valence-corrected chi connectivity index (χ0v) is 11.3. The summed E-state index contributed by atoms with van der Waals surface area (Å²) in [5.74, 6) is 0. The van der Waals surface area contributed by atoms with E-state index >= 15 is 0 Å². The van der Waals surface area contributed by atoms with Crippen LogP contribution in [0.2, 0.25) is 0 Å². The largest absolute Gasteiger partial charge is 0.382 e. The fourth-order valence-electron chi connectivity index (χ4n) is 1.96. The number of hydrogen-bond acceptors (Lipinski definition) is 4. The van der Waals surface area contributed by atoms with E-state index in [0.29, 0.717) is 6.10 Å². The first-order chi connectivity index (χ1) is 8.28. The topological polar surface area (TPSA) is 24.5 Å². The summed E-state index contributed by atoms with van der Waals surface area (Å²) < 4.78 is 5.72.